The predicted molar refractivity (Wildman–Crippen MR) is 127 cm³/mol. The summed E-state index contributed by atoms with van der Waals surface area (Å²) >= 11 is 0. The Morgan fingerprint density at radius 1 is 1.10 bits per heavy atom. The molecule has 174 valence electrons. The molecule has 0 aliphatic heterocycles. The summed E-state index contributed by atoms with van der Waals surface area (Å²) in [6, 6.07) is 0. The van der Waals surface area contributed by atoms with E-state index in [9.17, 15) is 10.2 Å². The Kier molecular flexibility index (Phi) is 5.34. The van der Waals surface area contributed by atoms with Crippen LogP contribution in [-0.4, -0.2) is 22.4 Å². The monoisotopic (exact) mass is 426 g/mol. The molecule has 5 rings (SSSR count). The predicted octanol–water partition coefficient (Wildman–Crippen LogP) is 6.67. The lowest BCUT2D eigenvalue weighted by Crippen LogP contribution is -2.53. The average molecular weight is 427 g/mol. The number of fused-ring (bicyclic) bond motifs is 6. The van der Waals surface area contributed by atoms with Crippen LogP contribution in [0.3, 0.4) is 0 Å². The molecule has 5 aliphatic rings. The van der Waals surface area contributed by atoms with E-state index in [2.05, 4.69) is 46.8 Å². The van der Waals surface area contributed by atoms with Gasteiger partial charge in [0.1, 0.15) is 0 Å². The van der Waals surface area contributed by atoms with Crippen molar-refractivity contribution in [1.82, 2.24) is 0 Å². The van der Waals surface area contributed by atoms with Crippen LogP contribution in [0.5, 0.6) is 0 Å². The SMILES string of the molecule is CC(C)=CCC[C@@H](C)[C@H]1[C@@H](O)C[C@H]2[C@@H]3CC=C4C5(CC5)[C@@H](O)CC[C@]4(C)[C@H]3CC[C@]12C. The van der Waals surface area contributed by atoms with Gasteiger partial charge in [-0.3, -0.25) is 0 Å². The summed E-state index contributed by atoms with van der Waals surface area (Å²) in [7, 11) is 0. The van der Waals surface area contributed by atoms with Crippen molar-refractivity contribution in [3.63, 3.8) is 0 Å². The van der Waals surface area contributed by atoms with Gasteiger partial charge in [-0.2, -0.15) is 0 Å². The molecule has 0 radical (unpaired) electrons. The van der Waals surface area contributed by atoms with Gasteiger partial charge in [0.15, 0.2) is 0 Å². The molecule has 0 amide bonds. The van der Waals surface area contributed by atoms with Crippen molar-refractivity contribution in [3.05, 3.63) is 23.3 Å². The van der Waals surface area contributed by atoms with Crippen LogP contribution in [-0.2, 0) is 0 Å². The van der Waals surface area contributed by atoms with E-state index in [1.165, 1.54) is 44.1 Å². The number of aliphatic hydroxyl groups excluding tert-OH is 2. The lowest BCUT2D eigenvalue weighted by Gasteiger charge is -2.60. The highest BCUT2D eigenvalue weighted by Crippen LogP contribution is 2.72. The third kappa shape index (κ3) is 3.17. The fourth-order valence-corrected chi connectivity index (χ4v) is 9.71. The van der Waals surface area contributed by atoms with Gasteiger partial charge in [-0.25, -0.2) is 0 Å². The standard InChI is InChI=1S/C29H46O2/c1-18(2)7-6-8-19(3)26-23(30)17-22-20-9-10-24-27(4,21(20)11-13-28(22,26)5)14-12-25(31)29(24)15-16-29/h7,10,19-23,25-26,30-31H,6,8-9,11-17H2,1-5H3/t19-,20-,21+,22+,23+,25+,26+,27-,28+/m1/s1. The van der Waals surface area contributed by atoms with Crippen LogP contribution >= 0.6 is 0 Å². The quantitative estimate of drug-likeness (QED) is 0.493. The molecular weight excluding hydrogens is 380 g/mol. The third-order valence-corrected chi connectivity index (χ3v) is 11.3. The molecule has 0 unspecified atom stereocenters. The van der Waals surface area contributed by atoms with E-state index in [0.29, 0.717) is 17.8 Å². The molecule has 0 aromatic rings. The van der Waals surface area contributed by atoms with E-state index >= 15 is 0 Å². The Hall–Kier alpha value is -0.600. The first-order valence-corrected chi connectivity index (χ1v) is 13.3. The van der Waals surface area contributed by atoms with Crippen LogP contribution in [0, 0.1) is 45.8 Å². The number of aliphatic hydroxyl groups is 2. The van der Waals surface area contributed by atoms with Gasteiger partial charge in [0.25, 0.3) is 0 Å². The van der Waals surface area contributed by atoms with Gasteiger partial charge in [-0.1, -0.05) is 44.1 Å². The zero-order chi connectivity index (χ0) is 22.2. The van der Waals surface area contributed by atoms with Crippen LogP contribution in [0.25, 0.3) is 0 Å². The molecule has 31 heavy (non-hydrogen) atoms. The van der Waals surface area contributed by atoms with Crippen molar-refractivity contribution in [1.29, 1.82) is 0 Å². The second kappa shape index (κ2) is 7.45. The highest BCUT2D eigenvalue weighted by Gasteiger charge is 2.66. The first kappa shape index (κ1) is 22.2. The van der Waals surface area contributed by atoms with Crippen LogP contribution in [0.4, 0.5) is 0 Å². The van der Waals surface area contributed by atoms with E-state index in [1.807, 2.05) is 0 Å². The second-order valence-electron chi connectivity index (χ2n) is 13.1. The highest BCUT2D eigenvalue weighted by molar-refractivity contribution is 5.36. The normalized spacial score (nSPS) is 48.3. The van der Waals surface area contributed by atoms with Crippen molar-refractivity contribution >= 4 is 0 Å². The van der Waals surface area contributed by atoms with Crippen molar-refractivity contribution in [2.75, 3.05) is 0 Å². The minimum Gasteiger partial charge on any atom is -0.393 e. The van der Waals surface area contributed by atoms with Gasteiger partial charge in [0, 0.05) is 5.41 Å². The molecule has 2 heteroatoms. The molecule has 4 fully saturated rings. The smallest absolute Gasteiger partial charge is 0.0634 e. The highest BCUT2D eigenvalue weighted by atomic mass is 16.3. The maximum atomic E-state index is 11.3. The summed E-state index contributed by atoms with van der Waals surface area (Å²) in [6.45, 7) is 11.9. The summed E-state index contributed by atoms with van der Waals surface area (Å²) in [5.74, 6) is 3.17. The van der Waals surface area contributed by atoms with Crippen LogP contribution in [0.2, 0.25) is 0 Å². The summed E-state index contributed by atoms with van der Waals surface area (Å²) in [5, 5.41) is 22.1. The summed E-state index contributed by atoms with van der Waals surface area (Å²) in [5.41, 5.74) is 3.79. The Bertz CT molecular complexity index is 772. The second-order valence-corrected chi connectivity index (χ2v) is 13.1. The van der Waals surface area contributed by atoms with Gasteiger partial charge in [-0.05, 0) is 118 Å². The van der Waals surface area contributed by atoms with E-state index in [-0.39, 0.29) is 28.5 Å². The van der Waals surface area contributed by atoms with Crippen LogP contribution in [0.15, 0.2) is 23.3 Å². The zero-order valence-corrected chi connectivity index (χ0v) is 20.7. The molecule has 1 spiro atoms. The summed E-state index contributed by atoms with van der Waals surface area (Å²) < 4.78 is 0. The molecule has 9 atom stereocenters. The number of hydrogen-bond donors (Lipinski definition) is 2. The Balaban J connectivity index is 1.40. The van der Waals surface area contributed by atoms with E-state index in [1.54, 1.807) is 5.57 Å². The topological polar surface area (TPSA) is 40.5 Å². The van der Waals surface area contributed by atoms with Gasteiger partial charge < -0.3 is 10.2 Å². The minimum atomic E-state index is -0.128. The molecule has 0 aromatic heterocycles. The fourth-order valence-electron chi connectivity index (χ4n) is 9.71. The van der Waals surface area contributed by atoms with Crippen LogP contribution in [0.1, 0.15) is 98.8 Å². The molecule has 2 nitrogen and oxygen atoms in total. The first-order valence-electron chi connectivity index (χ1n) is 13.3. The molecule has 5 aliphatic carbocycles. The Morgan fingerprint density at radius 2 is 1.84 bits per heavy atom. The Morgan fingerprint density at radius 3 is 2.52 bits per heavy atom. The van der Waals surface area contributed by atoms with E-state index in [4.69, 9.17) is 0 Å². The van der Waals surface area contributed by atoms with Crippen molar-refractivity contribution < 1.29 is 10.2 Å². The van der Waals surface area contributed by atoms with Gasteiger partial charge in [0.2, 0.25) is 0 Å². The van der Waals surface area contributed by atoms with Crippen LogP contribution < -0.4 is 0 Å². The van der Waals surface area contributed by atoms with Crippen molar-refractivity contribution in [2.45, 2.75) is 111 Å². The molecule has 0 bridgehead atoms. The maximum Gasteiger partial charge on any atom is 0.0634 e. The molecule has 0 heterocycles. The van der Waals surface area contributed by atoms with E-state index in [0.717, 1.165) is 37.5 Å². The van der Waals surface area contributed by atoms with Crippen molar-refractivity contribution in [2.24, 2.45) is 45.8 Å². The largest absolute Gasteiger partial charge is 0.393 e. The summed E-state index contributed by atoms with van der Waals surface area (Å²) in [6.07, 6.45) is 16.5. The maximum absolute atomic E-state index is 11.3. The first-order chi connectivity index (χ1) is 14.6. The van der Waals surface area contributed by atoms with Gasteiger partial charge >= 0.3 is 0 Å². The average Bonchev–Trinajstić information content (AvgIpc) is 3.43. The molecular formula is C29H46O2. The summed E-state index contributed by atoms with van der Waals surface area (Å²) in [4.78, 5) is 0. The number of hydrogen-bond acceptors (Lipinski definition) is 2. The van der Waals surface area contributed by atoms with Gasteiger partial charge in [-0.15, -0.1) is 0 Å². The lowest BCUT2D eigenvalue weighted by atomic mass is 9.45. The molecule has 0 aromatic carbocycles. The lowest BCUT2D eigenvalue weighted by molar-refractivity contribution is -0.0721. The number of rotatable bonds is 4. The molecule has 2 N–H and O–H groups in total. The Labute approximate surface area is 190 Å². The van der Waals surface area contributed by atoms with Crippen molar-refractivity contribution in [3.8, 4) is 0 Å². The minimum absolute atomic E-state index is 0.100. The zero-order valence-electron chi connectivity index (χ0n) is 20.7. The molecule has 0 saturated heterocycles. The van der Waals surface area contributed by atoms with E-state index < -0.39 is 0 Å². The van der Waals surface area contributed by atoms with Gasteiger partial charge in [0.05, 0.1) is 12.2 Å². The fraction of sp³-hybridized carbons (Fsp3) is 0.862. The molecule has 4 saturated carbocycles. The number of allylic oxidation sites excluding steroid dienone is 3. The third-order valence-electron chi connectivity index (χ3n) is 11.3.